The van der Waals surface area contributed by atoms with Crippen LogP contribution in [0.4, 0.5) is 0 Å². The van der Waals surface area contributed by atoms with Crippen molar-refractivity contribution in [3.8, 4) is 0 Å². The zero-order valence-corrected chi connectivity index (χ0v) is 14.2. The van der Waals surface area contributed by atoms with E-state index < -0.39 is 0 Å². The van der Waals surface area contributed by atoms with E-state index >= 15 is 0 Å². The number of hydrogen-bond acceptors (Lipinski definition) is 4. The molecule has 1 saturated heterocycles. The molecule has 1 aliphatic heterocycles. The average molecular weight is 326 g/mol. The Hall–Kier alpha value is -1.81. The lowest BCUT2D eigenvalue weighted by atomic mass is 9.89. The van der Waals surface area contributed by atoms with Crippen molar-refractivity contribution in [1.29, 1.82) is 0 Å². The van der Waals surface area contributed by atoms with Gasteiger partial charge in [0.2, 0.25) is 10.9 Å². The molecule has 0 aliphatic carbocycles. The molecule has 0 atom stereocenters. The second kappa shape index (κ2) is 8.34. The summed E-state index contributed by atoms with van der Waals surface area (Å²) in [5.41, 5.74) is 2.02. The van der Waals surface area contributed by atoms with E-state index in [9.17, 15) is 9.59 Å². The first-order valence-corrected chi connectivity index (χ1v) is 9.16. The SMILES string of the molecule is O=c1c(CCCCCC2CCNCC2)c(Cc2ccncc2)c1=O. The molecular formula is C20H26N2O2. The van der Waals surface area contributed by atoms with Gasteiger partial charge in [0.15, 0.2) is 0 Å². The molecule has 0 spiro atoms. The Balaban J connectivity index is 1.45. The standard InChI is InChI=1S/C20H26N2O2/c23-19-17(5-3-1-2-4-15-6-10-21-11-7-15)18(20(19)24)14-16-8-12-22-13-9-16/h8-9,12-13,15,21H,1-7,10-11,14H2. The summed E-state index contributed by atoms with van der Waals surface area (Å²) in [6.45, 7) is 2.32. The fourth-order valence-corrected chi connectivity index (χ4v) is 3.72. The lowest BCUT2D eigenvalue weighted by molar-refractivity contribution is 0.343. The molecule has 0 unspecified atom stereocenters. The summed E-state index contributed by atoms with van der Waals surface area (Å²) < 4.78 is 0. The lowest BCUT2D eigenvalue weighted by Crippen LogP contribution is -2.40. The molecule has 1 aliphatic rings. The fraction of sp³-hybridized carbons (Fsp3) is 0.550. The summed E-state index contributed by atoms with van der Waals surface area (Å²) >= 11 is 0. The summed E-state index contributed by atoms with van der Waals surface area (Å²) in [5.74, 6) is 0.875. The van der Waals surface area contributed by atoms with Crippen LogP contribution in [0, 0.1) is 5.92 Å². The first-order valence-electron chi connectivity index (χ1n) is 9.16. The van der Waals surface area contributed by atoms with Crippen LogP contribution in [0.5, 0.6) is 0 Å². The maximum atomic E-state index is 11.8. The van der Waals surface area contributed by atoms with Crippen LogP contribution in [0.1, 0.15) is 55.2 Å². The Bertz CT molecular complexity index is 711. The molecule has 3 rings (SSSR count). The summed E-state index contributed by atoms with van der Waals surface area (Å²) in [6, 6.07) is 3.81. The van der Waals surface area contributed by atoms with E-state index in [1.54, 1.807) is 12.4 Å². The van der Waals surface area contributed by atoms with Gasteiger partial charge in [-0.1, -0.05) is 19.3 Å². The van der Waals surface area contributed by atoms with E-state index in [1.807, 2.05) is 12.1 Å². The Morgan fingerprint density at radius 2 is 1.67 bits per heavy atom. The first kappa shape index (κ1) is 17.0. The molecule has 4 heteroatoms. The predicted molar refractivity (Wildman–Crippen MR) is 96.2 cm³/mol. The van der Waals surface area contributed by atoms with E-state index in [-0.39, 0.29) is 10.9 Å². The van der Waals surface area contributed by atoms with Gasteiger partial charge in [-0.25, -0.2) is 0 Å². The molecular weight excluding hydrogens is 300 g/mol. The van der Waals surface area contributed by atoms with Crippen molar-refractivity contribution < 1.29 is 0 Å². The van der Waals surface area contributed by atoms with Gasteiger partial charge in [0.25, 0.3) is 0 Å². The minimum Gasteiger partial charge on any atom is -0.317 e. The highest BCUT2D eigenvalue weighted by Gasteiger charge is 2.20. The normalized spacial score (nSPS) is 15.8. The van der Waals surface area contributed by atoms with Crippen molar-refractivity contribution >= 4 is 0 Å². The quantitative estimate of drug-likeness (QED) is 0.598. The highest BCUT2D eigenvalue weighted by atomic mass is 16.2. The van der Waals surface area contributed by atoms with Crippen molar-refractivity contribution in [3.63, 3.8) is 0 Å². The number of aromatic nitrogens is 1. The zero-order chi connectivity index (χ0) is 16.8. The molecule has 1 N–H and O–H groups in total. The number of piperidine rings is 1. The third-order valence-corrected chi connectivity index (χ3v) is 5.25. The van der Waals surface area contributed by atoms with Crippen molar-refractivity contribution in [3.05, 3.63) is 61.7 Å². The van der Waals surface area contributed by atoms with Gasteiger partial charge in [0.05, 0.1) is 0 Å². The largest absolute Gasteiger partial charge is 0.317 e. The zero-order valence-electron chi connectivity index (χ0n) is 14.2. The number of rotatable bonds is 8. The molecule has 128 valence electrons. The molecule has 0 radical (unpaired) electrons. The van der Waals surface area contributed by atoms with Gasteiger partial charge >= 0.3 is 0 Å². The second-order valence-electron chi connectivity index (χ2n) is 6.94. The van der Waals surface area contributed by atoms with Crippen LogP contribution in [0.3, 0.4) is 0 Å². The maximum absolute atomic E-state index is 11.8. The van der Waals surface area contributed by atoms with Crippen molar-refractivity contribution in [2.45, 2.75) is 51.4 Å². The predicted octanol–water partition coefficient (Wildman–Crippen LogP) is 2.37. The Labute approximate surface area is 143 Å². The minimum absolute atomic E-state index is 0.252. The molecule has 4 nitrogen and oxygen atoms in total. The third kappa shape index (κ3) is 4.18. The number of unbranched alkanes of at least 4 members (excludes halogenated alkanes) is 2. The third-order valence-electron chi connectivity index (χ3n) is 5.25. The van der Waals surface area contributed by atoms with Gasteiger partial charge < -0.3 is 5.32 Å². The number of nitrogens with one attached hydrogen (secondary N) is 1. The second-order valence-corrected chi connectivity index (χ2v) is 6.94. The van der Waals surface area contributed by atoms with Crippen LogP contribution in [0.2, 0.25) is 0 Å². The van der Waals surface area contributed by atoms with Gasteiger partial charge in [0, 0.05) is 29.9 Å². The summed E-state index contributed by atoms with van der Waals surface area (Å²) in [7, 11) is 0. The monoisotopic (exact) mass is 326 g/mol. The molecule has 0 bridgehead atoms. The van der Waals surface area contributed by atoms with E-state index in [1.165, 1.54) is 25.7 Å². The minimum atomic E-state index is -0.281. The number of hydrogen-bond donors (Lipinski definition) is 1. The molecule has 0 saturated carbocycles. The summed E-state index contributed by atoms with van der Waals surface area (Å²) in [4.78, 5) is 27.7. The maximum Gasteiger partial charge on any atom is 0.229 e. The van der Waals surface area contributed by atoms with Crippen LogP contribution in [0.25, 0.3) is 0 Å². The Morgan fingerprint density at radius 3 is 2.42 bits per heavy atom. The smallest absolute Gasteiger partial charge is 0.229 e. The lowest BCUT2D eigenvalue weighted by Gasteiger charge is -2.22. The van der Waals surface area contributed by atoms with Gasteiger partial charge in [-0.3, -0.25) is 14.6 Å². The molecule has 1 aromatic heterocycles. The van der Waals surface area contributed by atoms with Gasteiger partial charge in [-0.15, -0.1) is 0 Å². The topological polar surface area (TPSA) is 59.1 Å². The molecule has 1 aromatic carbocycles. The fourth-order valence-electron chi connectivity index (χ4n) is 3.72. The number of pyridine rings is 1. The van der Waals surface area contributed by atoms with E-state index in [2.05, 4.69) is 10.3 Å². The van der Waals surface area contributed by atoms with Crippen molar-refractivity contribution in [2.24, 2.45) is 5.92 Å². The van der Waals surface area contributed by atoms with Gasteiger partial charge in [0.1, 0.15) is 0 Å². The summed E-state index contributed by atoms with van der Waals surface area (Å²) in [6.07, 6.45) is 12.1. The molecule has 2 aromatic rings. The van der Waals surface area contributed by atoms with E-state index in [4.69, 9.17) is 0 Å². The van der Waals surface area contributed by atoms with Crippen LogP contribution in [-0.2, 0) is 12.8 Å². The average Bonchev–Trinajstić information content (AvgIpc) is 2.64. The van der Waals surface area contributed by atoms with Gasteiger partial charge in [-0.2, -0.15) is 0 Å². The Morgan fingerprint density at radius 1 is 0.958 bits per heavy atom. The van der Waals surface area contributed by atoms with Crippen LogP contribution in [0.15, 0.2) is 34.1 Å². The molecule has 24 heavy (non-hydrogen) atoms. The molecule has 2 heterocycles. The van der Waals surface area contributed by atoms with Gasteiger partial charge in [-0.05, 0) is 62.4 Å². The van der Waals surface area contributed by atoms with Crippen LogP contribution >= 0.6 is 0 Å². The van der Waals surface area contributed by atoms with Crippen LogP contribution in [-0.4, -0.2) is 18.1 Å². The number of nitrogens with zero attached hydrogens (tertiary/aromatic N) is 1. The molecule has 1 fully saturated rings. The summed E-state index contributed by atoms with van der Waals surface area (Å²) in [5, 5.41) is 3.40. The van der Waals surface area contributed by atoms with Crippen LogP contribution < -0.4 is 16.2 Å². The molecule has 0 amide bonds. The highest BCUT2D eigenvalue weighted by molar-refractivity contribution is 5.37. The van der Waals surface area contributed by atoms with Crippen molar-refractivity contribution in [1.82, 2.24) is 10.3 Å². The van der Waals surface area contributed by atoms with E-state index in [0.29, 0.717) is 6.42 Å². The highest BCUT2D eigenvalue weighted by Crippen LogP contribution is 2.20. The van der Waals surface area contributed by atoms with Crippen molar-refractivity contribution in [2.75, 3.05) is 13.1 Å². The first-order chi connectivity index (χ1) is 11.8. The Kier molecular flexibility index (Phi) is 5.91. The van der Waals surface area contributed by atoms with E-state index in [0.717, 1.165) is 55.0 Å².